The van der Waals surface area contributed by atoms with E-state index in [-0.39, 0.29) is 1100 Å². The van der Waals surface area contributed by atoms with Gasteiger partial charge in [-0.25, -0.2) is 0 Å². The molecule has 52 heteroatoms. The van der Waals surface area contributed by atoms with Crippen molar-refractivity contribution in [3.63, 3.8) is 0 Å². The predicted octanol–water partition coefficient (Wildman–Crippen LogP) is 0.320. The Bertz CT molecular complexity index is 7.16. The summed E-state index contributed by atoms with van der Waals surface area (Å²) in [6.45, 7) is 0. The second-order valence-electron chi connectivity index (χ2n) is 0. The standard InChI is InChI=1S/CH3.52W/h1H3;;;;;;;;;;;;;;;;;;;;;;;;;;;;;;;;;;;;;;;;;;;;;;;;;;;;/q-1;;;;;;;;;;;;;;;;;;;;;;;;;;;;;;;;;;;;;;;;;;;;;;;;;;;;. The van der Waals surface area contributed by atoms with Gasteiger partial charge in [0.1, 0.15) is 0 Å². The van der Waals surface area contributed by atoms with Crippen LogP contribution in [0.1, 0.15) is 0 Å². The molecule has 53 heavy (non-hydrogen) atoms. The molecule has 0 aromatic heterocycles. The molecule has 0 aromatic rings. The quantitative estimate of drug-likeness (QED) is 0.308. The van der Waals surface area contributed by atoms with Crippen LogP contribution in [0.5, 0.6) is 0 Å². The molecule has 0 rings (SSSR count). The molecule has 0 fully saturated rings. The van der Waals surface area contributed by atoms with Gasteiger partial charge in [0.2, 0.25) is 0 Å². The van der Waals surface area contributed by atoms with Crippen molar-refractivity contribution in [3.8, 4) is 0 Å². The van der Waals surface area contributed by atoms with Crippen molar-refractivity contribution in [3.05, 3.63) is 7.43 Å². The van der Waals surface area contributed by atoms with Crippen LogP contribution in [0.3, 0.4) is 0 Å². The van der Waals surface area contributed by atoms with Crippen molar-refractivity contribution < 1.29 is 1100 Å². The number of rotatable bonds is 0. The molecule has 0 saturated carbocycles. The summed E-state index contributed by atoms with van der Waals surface area (Å²) in [7, 11) is 0. The van der Waals surface area contributed by atoms with Crippen LogP contribution in [-0.2, 0) is 1100 Å². The molecule has 0 N–H and O–H groups in total. The van der Waals surface area contributed by atoms with Crippen molar-refractivity contribution in [2.45, 2.75) is 0 Å². The van der Waals surface area contributed by atoms with Gasteiger partial charge in [0.05, 0.1) is 0 Å². The third kappa shape index (κ3) is 504. The molecule has 0 spiro atoms. The van der Waals surface area contributed by atoms with Crippen LogP contribution in [0, 0.1) is 7.43 Å². The molecule has 0 aliphatic rings. The molecule has 0 amide bonds. The molecule has 0 saturated heterocycles. The molecule has 0 unspecified atom stereocenters. The van der Waals surface area contributed by atoms with Gasteiger partial charge in [-0.2, -0.15) is 0 Å². The van der Waals surface area contributed by atoms with Crippen LogP contribution in [0.25, 0.3) is 0 Å². The summed E-state index contributed by atoms with van der Waals surface area (Å²) in [6, 6.07) is 0. The third-order valence-electron chi connectivity index (χ3n) is 0. The minimum absolute atomic E-state index is 0. The maximum Gasteiger partial charge on any atom is 0 e. The smallest absolute Gasteiger partial charge is 0 e. The Morgan fingerprint density at radius 2 is 0.0377 bits per heavy atom. The summed E-state index contributed by atoms with van der Waals surface area (Å²) in [5, 5.41) is 0. The van der Waals surface area contributed by atoms with Crippen LogP contribution in [0.15, 0.2) is 0 Å². The fraction of sp³-hybridized carbons (Fsp3) is 0. The Kier molecular flexibility index (Phi) is 5200. The molecule has 0 aliphatic carbocycles. The summed E-state index contributed by atoms with van der Waals surface area (Å²) in [5.41, 5.74) is 0. The molecule has 0 aliphatic heterocycles. The van der Waals surface area contributed by atoms with Gasteiger partial charge >= 0.3 is 0 Å². The SMILES string of the molecule is [CH3-].[W].[W].[W].[W].[W].[W].[W].[W].[W].[W].[W].[W].[W].[W].[W].[W].[W].[W].[W].[W].[W].[W].[W].[W].[W].[W].[W].[W].[W].[W].[W].[W].[W].[W].[W].[W].[W].[W].[W].[W].[W].[W].[W].[W].[W].[W].[W].[W].[W].[W].[W].[W]. The Balaban J connectivity index is 0. The minimum atomic E-state index is 0. The molecule has 320 valence electrons. The summed E-state index contributed by atoms with van der Waals surface area (Å²) >= 11 is 0. The Morgan fingerprint density at radius 3 is 0.0377 bits per heavy atom. The van der Waals surface area contributed by atoms with E-state index in [1.54, 1.807) is 0 Å². The van der Waals surface area contributed by atoms with Gasteiger partial charge in [0, 0.05) is 1100 Å². The van der Waals surface area contributed by atoms with E-state index < -0.39 is 0 Å². The Labute approximate surface area is 1070 Å². The minimum Gasteiger partial charge on any atom is -0.358 e. The summed E-state index contributed by atoms with van der Waals surface area (Å²) in [6.07, 6.45) is 0. The maximum absolute atomic E-state index is 0. The van der Waals surface area contributed by atoms with Gasteiger partial charge in [0.25, 0.3) is 0 Å². The van der Waals surface area contributed by atoms with Crippen LogP contribution in [0.2, 0.25) is 0 Å². The first kappa shape index (κ1) is 534. The molecule has 0 bridgehead atoms. The van der Waals surface area contributed by atoms with E-state index in [0.29, 0.717) is 0 Å². The van der Waals surface area contributed by atoms with Gasteiger partial charge in [-0.05, 0) is 0 Å². The number of hydrogen-bond donors (Lipinski definition) is 0. The normalized spacial score (nSPS) is 0. The topological polar surface area (TPSA) is 0 Å². The zero-order valence-corrected chi connectivity index (χ0v) is 175. The second-order valence-corrected chi connectivity index (χ2v) is 0. The predicted molar refractivity (Wildman–Crippen MR) is 6.41 cm³/mol. The zero-order valence-electron chi connectivity index (χ0n) is 22.2. The van der Waals surface area contributed by atoms with Gasteiger partial charge in [-0.15, -0.1) is 0 Å². The fourth-order valence-electron chi connectivity index (χ4n) is 0. The fourth-order valence-corrected chi connectivity index (χ4v) is 0. The molecular formula is CH3W52-. The first-order chi connectivity index (χ1) is 0. The van der Waals surface area contributed by atoms with E-state index in [9.17, 15) is 0 Å². The zero-order chi connectivity index (χ0) is 0. The van der Waals surface area contributed by atoms with E-state index in [1.807, 2.05) is 0 Å². The summed E-state index contributed by atoms with van der Waals surface area (Å²) in [5.74, 6) is 0. The first-order valence-electron chi connectivity index (χ1n) is 0. The summed E-state index contributed by atoms with van der Waals surface area (Å²) < 4.78 is 0. The molecule has 0 nitrogen and oxygen atoms in total. The van der Waals surface area contributed by atoms with Gasteiger partial charge in [-0.3, -0.25) is 0 Å². The van der Waals surface area contributed by atoms with Crippen molar-refractivity contribution in [1.82, 2.24) is 0 Å². The van der Waals surface area contributed by atoms with Crippen molar-refractivity contribution in [2.24, 2.45) is 0 Å². The van der Waals surface area contributed by atoms with Crippen molar-refractivity contribution >= 4 is 0 Å². The maximum atomic E-state index is 0. The average Bonchev–Trinajstić information content (AvgIpc) is 0. The molecular weight excluding hydrogens is 9570 g/mol. The van der Waals surface area contributed by atoms with E-state index in [1.165, 1.54) is 0 Å². The van der Waals surface area contributed by atoms with E-state index in [4.69, 9.17) is 0 Å². The Hall–Kier alpha value is 35.8. The van der Waals surface area contributed by atoms with Crippen LogP contribution in [-0.4, -0.2) is 0 Å². The van der Waals surface area contributed by atoms with E-state index in [0.717, 1.165) is 0 Å². The van der Waals surface area contributed by atoms with Gasteiger partial charge < -0.3 is 7.43 Å². The van der Waals surface area contributed by atoms with Crippen LogP contribution < -0.4 is 0 Å². The van der Waals surface area contributed by atoms with Crippen molar-refractivity contribution in [2.75, 3.05) is 0 Å². The summed E-state index contributed by atoms with van der Waals surface area (Å²) in [4.78, 5) is 0. The van der Waals surface area contributed by atoms with Crippen LogP contribution >= 0.6 is 0 Å². The number of hydrogen-bond acceptors (Lipinski definition) is 0. The third-order valence-corrected chi connectivity index (χ3v) is 0. The molecule has 0 radical (unpaired) electrons. The molecule has 0 atom stereocenters. The van der Waals surface area contributed by atoms with Crippen molar-refractivity contribution in [1.29, 1.82) is 0 Å². The largest absolute Gasteiger partial charge is 0.358 e. The molecule has 0 heterocycles. The second kappa shape index (κ2) is 516. The Morgan fingerprint density at radius 1 is 0.0377 bits per heavy atom. The molecule has 0 aromatic carbocycles. The average molecular weight is 9570 g/mol. The monoisotopic (exact) mass is 9580 g/mol. The van der Waals surface area contributed by atoms with Gasteiger partial charge in [-0.1, -0.05) is 0 Å². The van der Waals surface area contributed by atoms with E-state index >= 15 is 0 Å². The van der Waals surface area contributed by atoms with E-state index in [2.05, 4.69) is 0 Å². The van der Waals surface area contributed by atoms with Crippen LogP contribution in [0.4, 0.5) is 0 Å². The van der Waals surface area contributed by atoms with Gasteiger partial charge in [0.15, 0.2) is 0 Å². The first-order valence-corrected chi connectivity index (χ1v) is 0.